The summed E-state index contributed by atoms with van der Waals surface area (Å²) in [6.07, 6.45) is 5.45. The van der Waals surface area contributed by atoms with Crippen molar-refractivity contribution in [2.45, 2.75) is 45.4 Å². The molecule has 0 bridgehead atoms. The molecule has 0 amide bonds. The van der Waals surface area contributed by atoms with Crippen molar-refractivity contribution in [1.29, 1.82) is 0 Å². The van der Waals surface area contributed by atoms with Gasteiger partial charge < -0.3 is 10.1 Å². The fourth-order valence-corrected chi connectivity index (χ4v) is 2.50. The zero-order valence-electron chi connectivity index (χ0n) is 12.3. The number of unbranched alkanes of at least 4 members (excludes halogenated alkanes) is 4. The van der Waals surface area contributed by atoms with Crippen molar-refractivity contribution >= 4 is 16.7 Å². The van der Waals surface area contributed by atoms with Crippen LogP contribution in [0, 0.1) is 0 Å². The second-order valence-corrected chi connectivity index (χ2v) is 5.31. The fraction of sp³-hybridized carbons (Fsp3) is 0.412. The molecule has 2 N–H and O–H groups in total. The number of aromatic hydroxyl groups is 1. The maximum absolute atomic E-state index is 12.2. The number of Topliss-reactive ketones (excluding diaryl/α,β-unsaturated/α-hetero) is 1. The van der Waals surface area contributed by atoms with Crippen molar-refractivity contribution in [2.24, 2.45) is 0 Å². The third-order valence-corrected chi connectivity index (χ3v) is 3.68. The van der Waals surface area contributed by atoms with Crippen molar-refractivity contribution in [3.63, 3.8) is 0 Å². The molecule has 0 aliphatic rings. The quantitative estimate of drug-likeness (QED) is 0.601. The van der Waals surface area contributed by atoms with Gasteiger partial charge in [-0.2, -0.15) is 0 Å². The van der Waals surface area contributed by atoms with Gasteiger partial charge >= 0.3 is 0 Å². The lowest BCUT2D eigenvalue weighted by Crippen LogP contribution is -2.18. The monoisotopic (exact) mass is 287 g/mol. The number of pyridine rings is 1. The van der Waals surface area contributed by atoms with Gasteiger partial charge in [0, 0.05) is 11.8 Å². The van der Waals surface area contributed by atoms with E-state index in [9.17, 15) is 14.7 Å². The Kier molecular flexibility index (Phi) is 5.14. The number of carbonyl (C=O) groups excluding carboxylic acids is 1. The Bertz CT molecular complexity index is 688. The minimum absolute atomic E-state index is 0.107. The van der Waals surface area contributed by atoms with Crippen LogP contribution in [0.2, 0.25) is 0 Å². The zero-order valence-corrected chi connectivity index (χ0v) is 12.3. The first kappa shape index (κ1) is 15.3. The molecule has 112 valence electrons. The smallest absolute Gasteiger partial charge is 0.263 e. The number of nitrogens with one attached hydrogen (secondary N) is 1. The maximum Gasteiger partial charge on any atom is 0.263 e. The SMILES string of the molecule is CCCCCCCC(=O)c1c(O)c2ccccc2[nH]c1=O. The second kappa shape index (κ2) is 7.07. The van der Waals surface area contributed by atoms with E-state index < -0.39 is 5.56 Å². The largest absolute Gasteiger partial charge is 0.506 e. The molecule has 0 aliphatic carbocycles. The molecule has 0 saturated heterocycles. The highest BCUT2D eigenvalue weighted by atomic mass is 16.3. The van der Waals surface area contributed by atoms with Gasteiger partial charge in [0.2, 0.25) is 0 Å². The van der Waals surface area contributed by atoms with Crippen LogP contribution in [-0.4, -0.2) is 15.9 Å². The van der Waals surface area contributed by atoms with Gasteiger partial charge in [0.25, 0.3) is 5.56 Å². The number of rotatable bonds is 7. The standard InChI is InChI=1S/C17H21NO3/c1-2-3-4-5-6-11-14(19)15-16(20)12-9-7-8-10-13(12)18-17(15)21/h7-10H,2-6,11H2,1H3,(H2,18,20,21). The number of benzene rings is 1. The maximum atomic E-state index is 12.2. The molecule has 21 heavy (non-hydrogen) atoms. The number of aromatic amines is 1. The number of aromatic nitrogens is 1. The van der Waals surface area contributed by atoms with Gasteiger partial charge in [-0.1, -0.05) is 44.7 Å². The lowest BCUT2D eigenvalue weighted by atomic mass is 10.0. The van der Waals surface area contributed by atoms with Crippen LogP contribution >= 0.6 is 0 Å². The lowest BCUT2D eigenvalue weighted by molar-refractivity contribution is 0.0975. The van der Waals surface area contributed by atoms with Gasteiger partial charge in [-0.3, -0.25) is 9.59 Å². The van der Waals surface area contributed by atoms with Crippen LogP contribution in [-0.2, 0) is 0 Å². The Balaban J connectivity index is 2.17. The summed E-state index contributed by atoms with van der Waals surface area (Å²) < 4.78 is 0. The molecule has 0 spiro atoms. The van der Waals surface area contributed by atoms with Crippen LogP contribution in [0.5, 0.6) is 5.75 Å². The number of fused-ring (bicyclic) bond motifs is 1. The van der Waals surface area contributed by atoms with Crippen LogP contribution in [0.4, 0.5) is 0 Å². The summed E-state index contributed by atoms with van der Waals surface area (Å²) in [6.45, 7) is 2.14. The second-order valence-electron chi connectivity index (χ2n) is 5.31. The number of hydrogen-bond donors (Lipinski definition) is 2. The highest BCUT2D eigenvalue weighted by molar-refractivity contribution is 6.03. The Morgan fingerprint density at radius 3 is 2.62 bits per heavy atom. The van der Waals surface area contributed by atoms with Gasteiger partial charge in [-0.15, -0.1) is 0 Å². The van der Waals surface area contributed by atoms with Gasteiger partial charge in [-0.25, -0.2) is 0 Å². The third-order valence-electron chi connectivity index (χ3n) is 3.68. The Hall–Kier alpha value is -2.10. The minimum atomic E-state index is -0.509. The number of ketones is 1. The average molecular weight is 287 g/mol. The van der Waals surface area contributed by atoms with Gasteiger partial charge in [-0.05, 0) is 18.6 Å². The van der Waals surface area contributed by atoms with Crippen LogP contribution in [0.3, 0.4) is 0 Å². The Labute approximate surface area is 123 Å². The van der Waals surface area contributed by atoms with Gasteiger partial charge in [0.1, 0.15) is 11.3 Å². The summed E-state index contributed by atoms with van der Waals surface area (Å²) >= 11 is 0. The summed E-state index contributed by atoms with van der Waals surface area (Å²) in [6, 6.07) is 6.93. The molecule has 0 fully saturated rings. The molecule has 0 unspecified atom stereocenters. The Morgan fingerprint density at radius 1 is 1.14 bits per heavy atom. The molecule has 0 saturated carbocycles. The van der Waals surface area contributed by atoms with Crippen LogP contribution < -0.4 is 5.56 Å². The summed E-state index contributed by atoms with van der Waals surface area (Å²) in [4.78, 5) is 26.8. The van der Waals surface area contributed by atoms with Crippen molar-refractivity contribution in [3.8, 4) is 5.75 Å². The molecule has 0 atom stereocenters. The predicted molar refractivity (Wildman–Crippen MR) is 83.9 cm³/mol. The molecule has 1 aromatic carbocycles. The molecule has 0 aliphatic heterocycles. The summed E-state index contributed by atoms with van der Waals surface area (Å²) in [7, 11) is 0. The lowest BCUT2D eigenvalue weighted by Gasteiger charge is -2.06. The first-order valence-electron chi connectivity index (χ1n) is 7.52. The van der Waals surface area contributed by atoms with E-state index >= 15 is 0 Å². The van der Waals surface area contributed by atoms with Gasteiger partial charge in [0.15, 0.2) is 5.78 Å². The highest BCUT2D eigenvalue weighted by Gasteiger charge is 2.18. The number of para-hydroxylation sites is 1. The average Bonchev–Trinajstić information content (AvgIpc) is 2.47. The number of hydrogen-bond acceptors (Lipinski definition) is 3. The molecule has 2 rings (SSSR count). The topological polar surface area (TPSA) is 70.2 Å². The first-order valence-corrected chi connectivity index (χ1v) is 7.52. The summed E-state index contributed by atoms with van der Waals surface area (Å²) in [5, 5.41) is 10.7. The van der Waals surface area contributed by atoms with Crippen LogP contribution in [0.15, 0.2) is 29.1 Å². The van der Waals surface area contributed by atoms with E-state index in [0.717, 1.165) is 32.1 Å². The minimum Gasteiger partial charge on any atom is -0.506 e. The summed E-state index contributed by atoms with van der Waals surface area (Å²) in [5.74, 6) is -0.482. The normalized spacial score (nSPS) is 10.9. The van der Waals surface area contributed by atoms with E-state index in [0.29, 0.717) is 17.3 Å². The van der Waals surface area contributed by atoms with E-state index in [2.05, 4.69) is 11.9 Å². The molecule has 0 radical (unpaired) electrons. The fourth-order valence-electron chi connectivity index (χ4n) is 2.50. The van der Waals surface area contributed by atoms with Crippen molar-refractivity contribution in [2.75, 3.05) is 0 Å². The first-order chi connectivity index (χ1) is 10.1. The molecule has 1 heterocycles. The van der Waals surface area contributed by atoms with Crippen LogP contribution in [0.25, 0.3) is 10.9 Å². The third kappa shape index (κ3) is 3.51. The molecule has 1 aromatic heterocycles. The van der Waals surface area contributed by atoms with E-state index in [1.54, 1.807) is 24.3 Å². The Morgan fingerprint density at radius 2 is 1.86 bits per heavy atom. The zero-order chi connectivity index (χ0) is 15.2. The summed E-state index contributed by atoms with van der Waals surface area (Å²) in [5.41, 5.74) is -0.0755. The van der Waals surface area contributed by atoms with E-state index in [4.69, 9.17) is 0 Å². The van der Waals surface area contributed by atoms with Crippen molar-refractivity contribution in [1.82, 2.24) is 4.98 Å². The molecular weight excluding hydrogens is 266 g/mol. The van der Waals surface area contributed by atoms with Crippen LogP contribution in [0.1, 0.15) is 55.8 Å². The predicted octanol–water partition coefficient (Wildman–Crippen LogP) is 3.78. The van der Waals surface area contributed by atoms with E-state index in [1.807, 2.05) is 0 Å². The molecular formula is C17H21NO3. The van der Waals surface area contributed by atoms with E-state index in [1.165, 1.54) is 0 Å². The number of H-pyrrole nitrogens is 1. The number of carbonyl (C=O) groups is 1. The van der Waals surface area contributed by atoms with E-state index in [-0.39, 0.29) is 17.1 Å². The van der Waals surface area contributed by atoms with Gasteiger partial charge in [0.05, 0.1) is 5.52 Å². The molecule has 4 nitrogen and oxygen atoms in total. The molecule has 4 heteroatoms. The molecule has 2 aromatic rings. The highest BCUT2D eigenvalue weighted by Crippen LogP contribution is 2.25. The van der Waals surface area contributed by atoms with Crippen molar-refractivity contribution in [3.05, 3.63) is 40.2 Å². The van der Waals surface area contributed by atoms with Crippen molar-refractivity contribution < 1.29 is 9.90 Å².